The Morgan fingerprint density at radius 3 is 2.48 bits per heavy atom. The molecular formula is C22H20F4N2O3. The van der Waals surface area contributed by atoms with Crippen molar-refractivity contribution in [3.63, 3.8) is 0 Å². The number of anilines is 1. The van der Waals surface area contributed by atoms with Gasteiger partial charge in [0.25, 0.3) is 5.56 Å². The SMILES string of the molecule is CC1c2c(ccc(F)c2O)C(Nc2cccc3c(=O)[nH]ccc23)C(O)(C(F)(F)F)C1C. The van der Waals surface area contributed by atoms with Crippen molar-refractivity contribution in [1.29, 1.82) is 0 Å². The number of rotatable bonds is 2. The summed E-state index contributed by atoms with van der Waals surface area (Å²) in [5.41, 5.74) is -3.51. The van der Waals surface area contributed by atoms with Gasteiger partial charge in [0.2, 0.25) is 0 Å². The second kappa shape index (κ2) is 6.98. The average molecular weight is 436 g/mol. The maximum absolute atomic E-state index is 14.3. The highest BCUT2D eigenvalue weighted by molar-refractivity contribution is 5.93. The molecule has 4 rings (SSSR count). The van der Waals surface area contributed by atoms with Crippen LogP contribution in [0.5, 0.6) is 5.75 Å². The summed E-state index contributed by atoms with van der Waals surface area (Å²) in [4.78, 5) is 14.6. The van der Waals surface area contributed by atoms with Crippen molar-refractivity contribution in [2.24, 2.45) is 5.92 Å². The molecule has 0 saturated carbocycles. The summed E-state index contributed by atoms with van der Waals surface area (Å²) in [5, 5.41) is 24.7. The van der Waals surface area contributed by atoms with Gasteiger partial charge in [0.15, 0.2) is 17.2 Å². The number of aromatic hydroxyl groups is 1. The Morgan fingerprint density at radius 1 is 1.10 bits per heavy atom. The Morgan fingerprint density at radius 2 is 1.81 bits per heavy atom. The first-order valence-corrected chi connectivity index (χ1v) is 9.65. The van der Waals surface area contributed by atoms with Crippen molar-refractivity contribution >= 4 is 16.5 Å². The van der Waals surface area contributed by atoms with E-state index in [-0.39, 0.29) is 22.2 Å². The third kappa shape index (κ3) is 2.98. The molecule has 1 heterocycles. The maximum Gasteiger partial charge on any atom is 0.419 e. The number of phenols is 1. The number of aromatic nitrogens is 1. The van der Waals surface area contributed by atoms with E-state index >= 15 is 0 Å². The van der Waals surface area contributed by atoms with E-state index in [0.717, 1.165) is 12.1 Å². The van der Waals surface area contributed by atoms with Gasteiger partial charge in [0.1, 0.15) is 0 Å². The minimum Gasteiger partial charge on any atom is -0.505 e. The first kappa shape index (κ1) is 21.2. The van der Waals surface area contributed by atoms with E-state index in [0.29, 0.717) is 5.39 Å². The number of pyridine rings is 1. The predicted molar refractivity (Wildman–Crippen MR) is 108 cm³/mol. The predicted octanol–water partition coefficient (Wildman–Crippen LogP) is 4.57. The third-order valence-electron chi connectivity index (χ3n) is 6.42. The molecule has 0 bridgehead atoms. The molecule has 164 valence electrons. The third-order valence-corrected chi connectivity index (χ3v) is 6.42. The van der Waals surface area contributed by atoms with Crippen LogP contribution in [0.1, 0.15) is 36.9 Å². The van der Waals surface area contributed by atoms with E-state index < -0.39 is 46.8 Å². The largest absolute Gasteiger partial charge is 0.505 e. The smallest absolute Gasteiger partial charge is 0.419 e. The van der Waals surface area contributed by atoms with E-state index in [9.17, 15) is 32.6 Å². The van der Waals surface area contributed by atoms with Crippen molar-refractivity contribution < 1.29 is 27.8 Å². The number of benzene rings is 2. The zero-order valence-electron chi connectivity index (χ0n) is 16.6. The molecular weight excluding hydrogens is 416 g/mol. The molecule has 1 aliphatic rings. The monoisotopic (exact) mass is 436 g/mol. The van der Waals surface area contributed by atoms with Crippen LogP contribution >= 0.6 is 0 Å². The van der Waals surface area contributed by atoms with Gasteiger partial charge in [-0.15, -0.1) is 0 Å². The quantitative estimate of drug-likeness (QED) is 0.444. The second-order valence-electron chi connectivity index (χ2n) is 7.95. The van der Waals surface area contributed by atoms with Crippen LogP contribution in [0.15, 0.2) is 47.4 Å². The number of alkyl halides is 3. The van der Waals surface area contributed by atoms with Crippen molar-refractivity contribution in [3.8, 4) is 5.75 Å². The molecule has 0 spiro atoms. The van der Waals surface area contributed by atoms with Crippen molar-refractivity contribution in [3.05, 3.63) is 69.9 Å². The lowest BCUT2D eigenvalue weighted by Gasteiger charge is -2.49. The van der Waals surface area contributed by atoms with Crippen molar-refractivity contribution in [1.82, 2.24) is 4.98 Å². The first-order valence-electron chi connectivity index (χ1n) is 9.65. The van der Waals surface area contributed by atoms with Gasteiger partial charge in [-0.05, 0) is 35.7 Å². The van der Waals surface area contributed by atoms with Gasteiger partial charge in [0, 0.05) is 34.1 Å². The van der Waals surface area contributed by atoms with Gasteiger partial charge in [0.05, 0.1) is 6.04 Å². The van der Waals surface area contributed by atoms with Gasteiger partial charge in [-0.25, -0.2) is 4.39 Å². The van der Waals surface area contributed by atoms with Crippen molar-refractivity contribution in [2.45, 2.75) is 37.6 Å². The molecule has 0 saturated heterocycles. The molecule has 4 unspecified atom stereocenters. The first-order chi connectivity index (χ1) is 14.5. The van der Waals surface area contributed by atoms with Crippen LogP contribution in [-0.4, -0.2) is 27.0 Å². The number of nitrogens with one attached hydrogen (secondary N) is 2. The summed E-state index contributed by atoms with van der Waals surface area (Å²) < 4.78 is 56.9. The zero-order valence-corrected chi connectivity index (χ0v) is 16.6. The van der Waals surface area contributed by atoms with Crippen LogP contribution in [0, 0.1) is 11.7 Å². The Bertz CT molecular complexity index is 1220. The Hall–Kier alpha value is -3.07. The van der Waals surface area contributed by atoms with Gasteiger partial charge in [-0.3, -0.25) is 4.79 Å². The summed E-state index contributed by atoms with van der Waals surface area (Å²) in [6.45, 7) is 2.63. The van der Waals surface area contributed by atoms with E-state index in [1.807, 2.05) is 0 Å². The van der Waals surface area contributed by atoms with E-state index in [1.54, 1.807) is 0 Å². The number of hydrogen-bond donors (Lipinski definition) is 4. The molecule has 4 N–H and O–H groups in total. The fourth-order valence-corrected chi connectivity index (χ4v) is 4.57. The molecule has 5 nitrogen and oxygen atoms in total. The highest BCUT2D eigenvalue weighted by Crippen LogP contribution is 2.57. The molecule has 2 aromatic carbocycles. The molecule has 1 aromatic heterocycles. The number of fused-ring (bicyclic) bond motifs is 2. The number of phenolic OH excluding ortho intramolecular Hbond substituents is 1. The Labute approximate surface area is 174 Å². The van der Waals surface area contributed by atoms with Crippen LogP contribution in [0.2, 0.25) is 0 Å². The standard InChI is InChI=1S/C22H20F4N2O3/c1-10-11(2)21(31,22(24,25)26)19(14-6-7-15(23)18(29)17(10)14)28-16-5-3-4-13-12(16)8-9-27-20(13)30/h3-11,19,28-29,31H,1-2H3,(H,27,30). The number of aliphatic hydroxyl groups is 1. The molecule has 4 atom stereocenters. The summed E-state index contributed by atoms with van der Waals surface area (Å²) in [6, 6.07) is 6.30. The van der Waals surface area contributed by atoms with Gasteiger partial charge in [-0.1, -0.05) is 26.0 Å². The van der Waals surface area contributed by atoms with Gasteiger partial charge < -0.3 is 20.5 Å². The lowest BCUT2D eigenvalue weighted by Crippen LogP contribution is -2.60. The van der Waals surface area contributed by atoms with E-state index in [4.69, 9.17) is 0 Å². The fourth-order valence-electron chi connectivity index (χ4n) is 4.57. The topological polar surface area (TPSA) is 85.4 Å². The van der Waals surface area contributed by atoms with Crippen LogP contribution in [0.4, 0.5) is 23.2 Å². The summed E-state index contributed by atoms with van der Waals surface area (Å²) in [5.74, 6) is -4.08. The molecule has 3 aromatic rings. The highest BCUT2D eigenvalue weighted by atomic mass is 19.4. The molecule has 9 heteroatoms. The number of H-pyrrole nitrogens is 1. The molecule has 0 radical (unpaired) electrons. The number of hydrogen-bond acceptors (Lipinski definition) is 4. The average Bonchev–Trinajstić information content (AvgIpc) is 2.71. The normalized spacial score (nSPS) is 26.0. The van der Waals surface area contributed by atoms with Crippen molar-refractivity contribution in [2.75, 3.05) is 5.32 Å². The number of aromatic amines is 1. The Balaban J connectivity index is 1.98. The summed E-state index contributed by atoms with van der Waals surface area (Å²) >= 11 is 0. The molecule has 0 aliphatic heterocycles. The fraction of sp³-hybridized carbons (Fsp3) is 0.318. The van der Waals surface area contributed by atoms with Crippen LogP contribution in [0.3, 0.4) is 0 Å². The Kier molecular flexibility index (Phi) is 4.77. The summed E-state index contributed by atoms with van der Waals surface area (Å²) in [7, 11) is 0. The van der Waals surface area contributed by atoms with Crippen LogP contribution in [-0.2, 0) is 0 Å². The lowest BCUT2D eigenvalue weighted by atomic mass is 9.64. The maximum atomic E-state index is 14.3. The molecule has 31 heavy (non-hydrogen) atoms. The highest BCUT2D eigenvalue weighted by Gasteiger charge is 2.65. The lowest BCUT2D eigenvalue weighted by molar-refractivity contribution is -0.289. The zero-order chi connectivity index (χ0) is 22.7. The van der Waals surface area contributed by atoms with Gasteiger partial charge >= 0.3 is 6.18 Å². The second-order valence-corrected chi connectivity index (χ2v) is 7.95. The minimum absolute atomic E-state index is 0.0111. The van der Waals surface area contributed by atoms with E-state index in [2.05, 4.69) is 10.3 Å². The molecule has 0 fully saturated rings. The van der Waals surface area contributed by atoms with Crippen LogP contribution < -0.4 is 10.9 Å². The minimum atomic E-state index is -5.04. The summed E-state index contributed by atoms with van der Waals surface area (Å²) in [6.07, 6.45) is -3.67. The van der Waals surface area contributed by atoms with Crippen LogP contribution in [0.25, 0.3) is 10.8 Å². The van der Waals surface area contributed by atoms with Gasteiger partial charge in [-0.2, -0.15) is 13.2 Å². The molecule has 1 aliphatic carbocycles. The van der Waals surface area contributed by atoms with E-state index in [1.165, 1.54) is 44.3 Å². The number of halogens is 4. The molecule has 0 amide bonds.